The van der Waals surface area contributed by atoms with Gasteiger partial charge in [-0.2, -0.15) is 0 Å². The molecule has 0 aliphatic heterocycles. The Kier molecular flexibility index (Phi) is 9.63. The number of ether oxygens (including phenoxy) is 1. The van der Waals surface area contributed by atoms with Gasteiger partial charge in [0, 0.05) is 18.9 Å². The van der Waals surface area contributed by atoms with Gasteiger partial charge in [-0.05, 0) is 67.6 Å². The van der Waals surface area contributed by atoms with Gasteiger partial charge in [0.2, 0.25) is 0 Å². The van der Waals surface area contributed by atoms with Crippen LogP contribution < -0.4 is 0 Å². The largest absolute Gasteiger partial charge is 0.381 e. The molecule has 0 spiro atoms. The van der Waals surface area contributed by atoms with E-state index in [1.165, 1.54) is 74.5 Å². The number of allylic oxidation sites excluding steroid dienone is 1. The van der Waals surface area contributed by atoms with Crippen molar-refractivity contribution in [2.45, 2.75) is 77.0 Å². The van der Waals surface area contributed by atoms with Crippen LogP contribution in [0, 0.1) is 5.92 Å². The Labute approximate surface area is 183 Å². The second-order valence-electron chi connectivity index (χ2n) is 8.83. The molecule has 0 saturated heterocycles. The molecule has 0 radical (unpaired) electrons. The predicted molar refractivity (Wildman–Crippen MR) is 128 cm³/mol. The van der Waals surface area contributed by atoms with E-state index in [2.05, 4.69) is 61.7 Å². The number of aryl methyl sites for hydroxylation is 1. The molecule has 2 aromatic rings. The highest BCUT2D eigenvalue weighted by molar-refractivity contribution is 5.59. The van der Waals surface area contributed by atoms with Crippen LogP contribution in [0.3, 0.4) is 0 Å². The molecule has 2 nitrogen and oxygen atoms in total. The van der Waals surface area contributed by atoms with Gasteiger partial charge in [-0.15, -0.1) is 0 Å². The molecule has 1 fully saturated rings. The summed E-state index contributed by atoms with van der Waals surface area (Å²) in [4.78, 5) is 4.73. The van der Waals surface area contributed by atoms with Gasteiger partial charge in [0.05, 0.1) is 12.3 Å². The Bertz CT molecular complexity index is 739. The van der Waals surface area contributed by atoms with Crippen molar-refractivity contribution in [2.75, 3.05) is 13.7 Å². The van der Waals surface area contributed by atoms with Gasteiger partial charge in [0.15, 0.2) is 0 Å². The molecule has 2 heteroatoms. The highest BCUT2D eigenvalue weighted by Gasteiger charge is 2.20. The van der Waals surface area contributed by atoms with Crippen molar-refractivity contribution in [2.24, 2.45) is 5.92 Å². The second kappa shape index (κ2) is 12.7. The molecule has 1 aromatic carbocycles. The summed E-state index contributed by atoms with van der Waals surface area (Å²) in [5.41, 5.74) is 5.16. The smallest absolute Gasteiger partial charge is 0.0702 e. The number of nitrogens with zero attached hydrogens (tertiary/aromatic N) is 1. The summed E-state index contributed by atoms with van der Waals surface area (Å²) < 4.78 is 5.12. The molecule has 0 N–H and O–H groups in total. The third-order valence-corrected chi connectivity index (χ3v) is 6.51. The van der Waals surface area contributed by atoms with E-state index in [9.17, 15) is 0 Å². The first-order chi connectivity index (χ1) is 14.8. The summed E-state index contributed by atoms with van der Waals surface area (Å²) in [7, 11) is 1.75. The van der Waals surface area contributed by atoms with Crippen LogP contribution in [0.15, 0.2) is 54.7 Å². The van der Waals surface area contributed by atoms with Crippen molar-refractivity contribution in [1.29, 1.82) is 0 Å². The Morgan fingerprint density at radius 2 is 1.70 bits per heavy atom. The van der Waals surface area contributed by atoms with Crippen LogP contribution in [0.4, 0.5) is 0 Å². The molecule has 30 heavy (non-hydrogen) atoms. The van der Waals surface area contributed by atoms with E-state index in [0.717, 1.165) is 24.6 Å². The number of unbranched alkanes of at least 4 members (excludes halogenated alkanes) is 4. The first-order valence-electron chi connectivity index (χ1n) is 12.0. The van der Waals surface area contributed by atoms with Crippen molar-refractivity contribution in [3.05, 3.63) is 65.9 Å². The first kappa shape index (κ1) is 22.7. The summed E-state index contributed by atoms with van der Waals surface area (Å²) in [6.07, 6.45) is 19.5. The number of hydrogen-bond acceptors (Lipinski definition) is 2. The Morgan fingerprint density at radius 1 is 0.933 bits per heavy atom. The van der Waals surface area contributed by atoms with Crippen LogP contribution in [0.5, 0.6) is 0 Å². The molecule has 1 heterocycles. The first-order valence-corrected chi connectivity index (χ1v) is 12.0. The van der Waals surface area contributed by atoms with E-state index >= 15 is 0 Å². The van der Waals surface area contributed by atoms with Crippen LogP contribution in [-0.2, 0) is 11.2 Å². The van der Waals surface area contributed by atoms with Gasteiger partial charge in [-0.1, -0.05) is 75.1 Å². The molecule has 1 saturated carbocycles. The minimum absolute atomic E-state index is 0.703. The maximum absolute atomic E-state index is 5.12. The number of rotatable bonds is 11. The van der Waals surface area contributed by atoms with Crippen LogP contribution in [-0.4, -0.2) is 18.7 Å². The van der Waals surface area contributed by atoms with E-state index in [4.69, 9.17) is 9.72 Å². The maximum atomic E-state index is 5.12. The summed E-state index contributed by atoms with van der Waals surface area (Å²) in [5, 5.41) is 0. The van der Waals surface area contributed by atoms with Gasteiger partial charge < -0.3 is 4.74 Å². The minimum Gasteiger partial charge on any atom is -0.381 e. The lowest BCUT2D eigenvalue weighted by Gasteiger charge is -2.27. The summed E-state index contributed by atoms with van der Waals surface area (Å²) in [5.74, 6) is 1.43. The van der Waals surface area contributed by atoms with E-state index in [-0.39, 0.29) is 0 Å². The zero-order chi connectivity index (χ0) is 21.0. The van der Waals surface area contributed by atoms with Gasteiger partial charge >= 0.3 is 0 Å². The Balaban J connectivity index is 1.48. The standard InChI is InChI=1S/C28H39NO/c1-3-4-5-6-7-9-24-13-20-28(29-22-24)27-18-16-26(17-19-27)25-14-11-23(12-15-25)10-8-21-30-2/h8,10,13,16-20,22-23,25H,3-7,9,11-12,14-15,21H2,1-2H3. The minimum atomic E-state index is 0.703. The average Bonchev–Trinajstić information content (AvgIpc) is 2.80. The van der Waals surface area contributed by atoms with E-state index in [1.54, 1.807) is 7.11 Å². The lowest BCUT2D eigenvalue weighted by molar-refractivity contribution is 0.233. The van der Waals surface area contributed by atoms with E-state index in [1.807, 2.05) is 0 Å². The highest BCUT2D eigenvalue weighted by Crippen LogP contribution is 2.36. The summed E-state index contributed by atoms with van der Waals surface area (Å²) in [6, 6.07) is 13.6. The van der Waals surface area contributed by atoms with Crippen molar-refractivity contribution in [3.63, 3.8) is 0 Å². The molecule has 1 aromatic heterocycles. The Hall–Kier alpha value is -1.93. The quantitative estimate of drug-likeness (QED) is 0.282. The molecule has 1 aliphatic rings. The summed E-state index contributed by atoms with van der Waals surface area (Å²) in [6.45, 7) is 3.00. The van der Waals surface area contributed by atoms with Gasteiger partial charge in [0.1, 0.15) is 0 Å². The number of hydrogen-bond donors (Lipinski definition) is 0. The van der Waals surface area contributed by atoms with Gasteiger partial charge in [-0.3, -0.25) is 4.98 Å². The van der Waals surface area contributed by atoms with Gasteiger partial charge in [-0.25, -0.2) is 0 Å². The molecule has 0 amide bonds. The lowest BCUT2D eigenvalue weighted by atomic mass is 9.78. The molecule has 162 valence electrons. The topological polar surface area (TPSA) is 22.1 Å². The predicted octanol–water partition coefficient (Wildman–Crippen LogP) is 7.74. The van der Waals surface area contributed by atoms with Crippen molar-refractivity contribution in [1.82, 2.24) is 4.98 Å². The molecule has 0 unspecified atom stereocenters. The van der Waals surface area contributed by atoms with Crippen LogP contribution >= 0.6 is 0 Å². The molecule has 0 bridgehead atoms. The maximum Gasteiger partial charge on any atom is 0.0702 e. The molecule has 1 aliphatic carbocycles. The fourth-order valence-corrected chi connectivity index (χ4v) is 4.59. The monoisotopic (exact) mass is 405 g/mol. The fraction of sp³-hybridized carbons (Fsp3) is 0.536. The number of methoxy groups -OCH3 is 1. The fourth-order valence-electron chi connectivity index (χ4n) is 4.59. The number of pyridine rings is 1. The van der Waals surface area contributed by atoms with Crippen LogP contribution in [0.1, 0.15) is 81.8 Å². The van der Waals surface area contributed by atoms with Crippen LogP contribution in [0.25, 0.3) is 11.3 Å². The number of aromatic nitrogens is 1. The normalized spacial score (nSPS) is 19.4. The molecule has 3 rings (SSSR count). The van der Waals surface area contributed by atoms with Crippen molar-refractivity contribution >= 4 is 0 Å². The summed E-state index contributed by atoms with van der Waals surface area (Å²) >= 11 is 0. The average molecular weight is 406 g/mol. The van der Waals surface area contributed by atoms with Crippen molar-refractivity contribution in [3.8, 4) is 11.3 Å². The van der Waals surface area contributed by atoms with Gasteiger partial charge in [0.25, 0.3) is 0 Å². The van der Waals surface area contributed by atoms with E-state index < -0.39 is 0 Å². The third-order valence-electron chi connectivity index (χ3n) is 6.51. The Morgan fingerprint density at radius 3 is 2.37 bits per heavy atom. The molecular weight excluding hydrogens is 366 g/mol. The highest BCUT2D eigenvalue weighted by atomic mass is 16.5. The SMILES string of the molecule is CCCCCCCc1ccc(-c2ccc(C3CCC(C=CCOC)CC3)cc2)nc1. The zero-order valence-corrected chi connectivity index (χ0v) is 19.0. The van der Waals surface area contributed by atoms with E-state index in [0.29, 0.717) is 5.92 Å². The molecule has 0 atom stereocenters. The third kappa shape index (κ3) is 7.09. The second-order valence-corrected chi connectivity index (χ2v) is 8.83. The lowest BCUT2D eigenvalue weighted by Crippen LogP contribution is -2.11. The number of benzene rings is 1. The van der Waals surface area contributed by atoms with Crippen LogP contribution in [0.2, 0.25) is 0 Å². The molecular formula is C28H39NO. The zero-order valence-electron chi connectivity index (χ0n) is 19.0. The van der Waals surface area contributed by atoms with Crippen molar-refractivity contribution < 1.29 is 4.74 Å².